The first-order valence-electron chi connectivity index (χ1n) is 6.75. The molecular formula is C18H10F4P. The summed E-state index contributed by atoms with van der Waals surface area (Å²) in [5.41, 5.74) is 0. The van der Waals surface area contributed by atoms with Crippen molar-refractivity contribution < 1.29 is 17.6 Å². The summed E-state index contributed by atoms with van der Waals surface area (Å²) in [6, 6.07) is 19.6. The quantitative estimate of drug-likeness (QED) is 0.296. The highest BCUT2D eigenvalue weighted by Crippen LogP contribution is 2.34. The lowest BCUT2D eigenvalue weighted by molar-refractivity contribution is 0.412. The Morgan fingerprint density at radius 3 is 1.57 bits per heavy atom. The molecule has 5 heteroatoms. The van der Waals surface area contributed by atoms with Crippen LogP contribution in [0.5, 0.6) is 0 Å². The zero-order chi connectivity index (χ0) is 16.4. The molecule has 0 amide bonds. The van der Waals surface area contributed by atoms with Crippen LogP contribution in [0.1, 0.15) is 0 Å². The Bertz CT molecular complexity index is 780. The fourth-order valence-corrected chi connectivity index (χ4v) is 4.49. The summed E-state index contributed by atoms with van der Waals surface area (Å²) in [5.74, 6) is -6.57. The van der Waals surface area contributed by atoms with Crippen LogP contribution >= 0.6 is 7.92 Å². The molecule has 0 N–H and O–H groups in total. The van der Waals surface area contributed by atoms with Crippen molar-refractivity contribution in [1.82, 2.24) is 0 Å². The van der Waals surface area contributed by atoms with Gasteiger partial charge in [-0.1, -0.05) is 60.7 Å². The Labute approximate surface area is 132 Å². The van der Waals surface area contributed by atoms with Crippen LogP contribution in [0.15, 0.2) is 60.7 Å². The molecule has 3 aromatic carbocycles. The second-order valence-electron chi connectivity index (χ2n) is 4.74. The van der Waals surface area contributed by atoms with Crippen molar-refractivity contribution >= 4 is 23.8 Å². The molecule has 0 nitrogen and oxygen atoms in total. The summed E-state index contributed by atoms with van der Waals surface area (Å²) in [6.07, 6.45) is 0. The molecule has 3 rings (SSSR count). The van der Waals surface area contributed by atoms with Crippen LogP contribution in [0.4, 0.5) is 17.6 Å². The van der Waals surface area contributed by atoms with Crippen LogP contribution < -0.4 is 15.9 Å². The summed E-state index contributed by atoms with van der Waals surface area (Å²) in [4.78, 5) is 0. The van der Waals surface area contributed by atoms with Gasteiger partial charge in [0.15, 0.2) is 23.3 Å². The van der Waals surface area contributed by atoms with Gasteiger partial charge in [-0.25, -0.2) is 17.6 Å². The van der Waals surface area contributed by atoms with Crippen LogP contribution in [0.25, 0.3) is 0 Å². The van der Waals surface area contributed by atoms with Crippen molar-refractivity contribution in [2.45, 2.75) is 0 Å². The van der Waals surface area contributed by atoms with Crippen molar-refractivity contribution in [3.63, 3.8) is 0 Å². The van der Waals surface area contributed by atoms with Crippen LogP contribution in [0.3, 0.4) is 0 Å². The Morgan fingerprint density at radius 2 is 1.09 bits per heavy atom. The first-order chi connectivity index (χ1) is 11.1. The van der Waals surface area contributed by atoms with Gasteiger partial charge >= 0.3 is 0 Å². The molecule has 0 bridgehead atoms. The normalized spacial score (nSPS) is 11.0. The van der Waals surface area contributed by atoms with Gasteiger partial charge in [-0.15, -0.1) is 0 Å². The lowest BCUT2D eigenvalue weighted by atomic mass is 10.3. The van der Waals surface area contributed by atoms with E-state index in [0.29, 0.717) is 10.6 Å². The van der Waals surface area contributed by atoms with Crippen molar-refractivity contribution in [3.8, 4) is 0 Å². The molecule has 0 atom stereocenters. The van der Waals surface area contributed by atoms with Gasteiger partial charge in [0.25, 0.3) is 0 Å². The second kappa shape index (κ2) is 6.51. The SMILES string of the molecule is Fc1[c]c(P(c2ccccc2)c2ccccc2)c(F)c(F)c1F. The Morgan fingerprint density at radius 1 is 0.609 bits per heavy atom. The van der Waals surface area contributed by atoms with Gasteiger partial charge in [0.05, 0.1) is 0 Å². The van der Waals surface area contributed by atoms with E-state index < -0.39 is 31.2 Å². The number of hydrogen-bond acceptors (Lipinski definition) is 0. The molecule has 115 valence electrons. The van der Waals surface area contributed by atoms with E-state index in [2.05, 4.69) is 6.07 Å². The highest BCUT2D eigenvalue weighted by molar-refractivity contribution is 7.79. The van der Waals surface area contributed by atoms with Gasteiger partial charge < -0.3 is 0 Å². The van der Waals surface area contributed by atoms with E-state index in [1.807, 2.05) is 0 Å². The molecule has 0 aromatic heterocycles. The van der Waals surface area contributed by atoms with E-state index in [-0.39, 0.29) is 5.30 Å². The first kappa shape index (κ1) is 15.7. The molecule has 0 aliphatic carbocycles. The number of rotatable bonds is 3. The average molecular weight is 333 g/mol. The van der Waals surface area contributed by atoms with Crippen LogP contribution in [0.2, 0.25) is 0 Å². The summed E-state index contributed by atoms with van der Waals surface area (Å²) in [5, 5.41) is 1.08. The Hall–Kier alpha value is -2.19. The highest BCUT2D eigenvalue weighted by atomic mass is 31.1. The summed E-state index contributed by atoms with van der Waals surface area (Å²) in [6.45, 7) is 0. The summed E-state index contributed by atoms with van der Waals surface area (Å²) >= 11 is 0. The number of halogens is 4. The molecular weight excluding hydrogens is 323 g/mol. The third-order valence-corrected chi connectivity index (χ3v) is 5.65. The van der Waals surface area contributed by atoms with E-state index in [1.54, 1.807) is 60.7 Å². The lowest BCUT2D eigenvalue weighted by Crippen LogP contribution is -2.25. The smallest absolute Gasteiger partial charge is 0.198 e. The predicted octanol–water partition coefficient (Wildman–Crippen LogP) is 3.80. The maximum absolute atomic E-state index is 14.3. The zero-order valence-corrected chi connectivity index (χ0v) is 12.6. The van der Waals surface area contributed by atoms with E-state index >= 15 is 0 Å². The molecule has 0 saturated carbocycles. The third-order valence-electron chi connectivity index (χ3n) is 3.27. The molecule has 0 fully saturated rings. The van der Waals surface area contributed by atoms with Crippen LogP contribution in [0, 0.1) is 29.3 Å². The van der Waals surface area contributed by atoms with Crippen molar-refractivity contribution in [2.75, 3.05) is 0 Å². The van der Waals surface area contributed by atoms with Gasteiger partial charge in [-0.05, 0) is 18.5 Å². The molecule has 0 aliphatic rings. The fourth-order valence-electron chi connectivity index (χ4n) is 2.23. The average Bonchev–Trinajstić information content (AvgIpc) is 2.60. The van der Waals surface area contributed by atoms with E-state index in [0.717, 1.165) is 0 Å². The molecule has 0 aliphatic heterocycles. The van der Waals surface area contributed by atoms with Gasteiger partial charge in [-0.2, -0.15) is 0 Å². The Balaban J connectivity index is 2.26. The minimum Gasteiger partial charge on any atom is -0.203 e. The van der Waals surface area contributed by atoms with Gasteiger partial charge in [0.1, 0.15) is 0 Å². The lowest BCUT2D eigenvalue weighted by Gasteiger charge is -2.20. The highest BCUT2D eigenvalue weighted by Gasteiger charge is 2.26. The molecule has 0 spiro atoms. The van der Waals surface area contributed by atoms with Gasteiger partial charge in [0.2, 0.25) is 0 Å². The topological polar surface area (TPSA) is 0 Å². The standard InChI is InChI=1S/C18H10F4P/c19-14-11-15(17(21)18(22)16(14)20)23(12-7-3-1-4-8-12)13-9-5-2-6-10-13/h1-10H. The minimum absolute atomic E-state index is 0.297. The maximum Gasteiger partial charge on any atom is 0.198 e. The van der Waals surface area contributed by atoms with E-state index in [1.165, 1.54) is 0 Å². The fraction of sp³-hybridized carbons (Fsp3) is 0. The molecule has 0 heterocycles. The molecule has 3 aromatic rings. The van der Waals surface area contributed by atoms with E-state index in [4.69, 9.17) is 0 Å². The van der Waals surface area contributed by atoms with Gasteiger partial charge in [0, 0.05) is 11.4 Å². The van der Waals surface area contributed by atoms with Gasteiger partial charge in [-0.3, -0.25) is 0 Å². The van der Waals surface area contributed by atoms with Crippen molar-refractivity contribution in [1.29, 1.82) is 0 Å². The number of benzene rings is 3. The van der Waals surface area contributed by atoms with E-state index in [9.17, 15) is 17.6 Å². The molecule has 23 heavy (non-hydrogen) atoms. The molecule has 0 unspecified atom stereocenters. The first-order valence-corrected chi connectivity index (χ1v) is 8.09. The molecule has 0 saturated heterocycles. The predicted molar refractivity (Wildman–Crippen MR) is 83.8 cm³/mol. The van der Waals surface area contributed by atoms with Crippen molar-refractivity contribution in [3.05, 3.63) is 90.0 Å². The Kier molecular flexibility index (Phi) is 4.44. The van der Waals surface area contributed by atoms with Crippen molar-refractivity contribution in [2.24, 2.45) is 0 Å². The largest absolute Gasteiger partial charge is 0.203 e. The maximum atomic E-state index is 14.3. The van der Waals surface area contributed by atoms with Crippen LogP contribution in [-0.4, -0.2) is 0 Å². The zero-order valence-electron chi connectivity index (χ0n) is 11.7. The monoisotopic (exact) mass is 333 g/mol. The second-order valence-corrected chi connectivity index (χ2v) is 6.89. The summed E-state index contributed by atoms with van der Waals surface area (Å²) in [7, 11) is -1.59. The molecule has 1 radical (unpaired) electrons. The number of hydrogen-bond donors (Lipinski definition) is 0. The summed E-state index contributed by atoms with van der Waals surface area (Å²) < 4.78 is 54.7. The minimum atomic E-state index is -1.85. The third kappa shape index (κ3) is 2.99. The van der Waals surface area contributed by atoms with Crippen LogP contribution in [-0.2, 0) is 0 Å².